The van der Waals surface area contributed by atoms with E-state index in [-0.39, 0.29) is 21.2 Å². The SMILES string of the molecule is Cc1nc2c(nc1C)N(c1ccccc1)C1N2C2=C(CCCC2)C2(C)[I-]C12C. The summed E-state index contributed by atoms with van der Waals surface area (Å²) in [6, 6.07) is 10.9. The summed E-state index contributed by atoms with van der Waals surface area (Å²) in [5, 5.41) is 0. The molecule has 3 atom stereocenters. The summed E-state index contributed by atoms with van der Waals surface area (Å²) in [6.45, 7) is 9.28. The predicted molar refractivity (Wildman–Crippen MR) is 109 cm³/mol. The zero-order valence-corrected chi connectivity index (χ0v) is 19.1. The number of para-hydroxylation sites is 1. The summed E-state index contributed by atoms with van der Waals surface area (Å²) in [5.41, 5.74) is 6.66. The van der Waals surface area contributed by atoms with E-state index in [0.717, 1.165) is 23.0 Å². The second-order valence-corrected chi connectivity index (χ2v) is 13.7. The van der Waals surface area contributed by atoms with Crippen molar-refractivity contribution < 1.29 is 21.2 Å². The van der Waals surface area contributed by atoms with Crippen LogP contribution in [0.3, 0.4) is 0 Å². The Morgan fingerprint density at radius 1 is 0.929 bits per heavy atom. The maximum atomic E-state index is 5.11. The Hall–Kier alpha value is -1.63. The van der Waals surface area contributed by atoms with E-state index in [0.29, 0.717) is 13.0 Å². The Morgan fingerprint density at radius 2 is 1.57 bits per heavy atom. The van der Waals surface area contributed by atoms with Crippen LogP contribution < -0.4 is 31.0 Å². The van der Waals surface area contributed by atoms with E-state index in [4.69, 9.17) is 9.97 Å². The number of benzene rings is 1. The first kappa shape index (κ1) is 17.2. The van der Waals surface area contributed by atoms with Gasteiger partial charge in [-0.3, -0.25) is 0 Å². The molecule has 0 spiro atoms. The van der Waals surface area contributed by atoms with Gasteiger partial charge in [0.15, 0.2) is 0 Å². The summed E-state index contributed by atoms with van der Waals surface area (Å²) >= 11 is 0.0880. The fourth-order valence-electron chi connectivity index (χ4n) is 5.54. The topological polar surface area (TPSA) is 32.3 Å². The molecule has 146 valence electrons. The van der Waals surface area contributed by atoms with Crippen molar-refractivity contribution in [2.45, 2.75) is 66.4 Å². The summed E-state index contributed by atoms with van der Waals surface area (Å²) in [5.74, 6) is 2.14. The van der Waals surface area contributed by atoms with Gasteiger partial charge in [0.05, 0.1) is 0 Å². The first-order chi connectivity index (χ1) is 13.5. The van der Waals surface area contributed by atoms with Gasteiger partial charge >= 0.3 is 178 Å². The van der Waals surface area contributed by atoms with Crippen molar-refractivity contribution in [1.29, 1.82) is 0 Å². The number of rotatable bonds is 1. The van der Waals surface area contributed by atoms with Gasteiger partial charge < -0.3 is 0 Å². The van der Waals surface area contributed by atoms with Crippen LogP contribution in [0.4, 0.5) is 17.3 Å². The van der Waals surface area contributed by atoms with E-state index in [9.17, 15) is 0 Å². The molecule has 1 saturated heterocycles. The summed E-state index contributed by atoms with van der Waals surface area (Å²) in [4.78, 5) is 15.3. The number of hydrogen-bond donors (Lipinski definition) is 0. The molecule has 4 nitrogen and oxygen atoms in total. The number of alkyl halides is 2. The third-order valence-electron chi connectivity index (χ3n) is 7.30. The zero-order valence-electron chi connectivity index (χ0n) is 17.0. The molecule has 5 heteroatoms. The summed E-state index contributed by atoms with van der Waals surface area (Å²) in [7, 11) is 0. The fraction of sp³-hybridized carbons (Fsp3) is 0.478. The van der Waals surface area contributed by atoms with Crippen molar-refractivity contribution in [2.24, 2.45) is 0 Å². The van der Waals surface area contributed by atoms with Gasteiger partial charge in [-0.15, -0.1) is 0 Å². The zero-order chi connectivity index (χ0) is 19.3. The van der Waals surface area contributed by atoms with Gasteiger partial charge in [-0.25, -0.2) is 0 Å². The Kier molecular flexibility index (Phi) is 3.38. The Morgan fingerprint density at radius 3 is 2.29 bits per heavy atom. The Labute approximate surface area is 177 Å². The molecule has 0 saturated carbocycles. The molecule has 1 aromatic carbocycles. The van der Waals surface area contributed by atoms with Gasteiger partial charge in [0.25, 0.3) is 0 Å². The van der Waals surface area contributed by atoms with Crippen LogP contribution in [-0.2, 0) is 0 Å². The van der Waals surface area contributed by atoms with Crippen LogP contribution in [0.15, 0.2) is 41.6 Å². The van der Waals surface area contributed by atoms with Crippen molar-refractivity contribution in [2.75, 3.05) is 9.80 Å². The number of anilines is 3. The molecular formula is C23H26IN4-. The van der Waals surface area contributed by atoms with Crippen molar-refractivity contribution in [3.05, 3.63) is 53.0 Å². The minimum atomic E-state index is 0.0880. The van der Waals surface area contributed by atoms with Crippen LogP contribution >= 0.6 is 0 Å². The minimum absolute atomic E-state index is 0.0880. The average Bonchev–Trinajstić information content (AvgIpc) is 3.14. The van der Waals surface area contributed by atoms with Gasteiger partial charge in [-0.05, 0) is 0 Å². The van der Waals surface area contributed by atoms with Gasteiger partial charge in [-0.1, -0.05) is 0 Å². The number of allylic oxidation sites excluding steroid dienone is 2. The molecule has 4 aliphatic rings. The van der Waals surface area contributed by atoms with E-state index in [1.807, 2.05) is 0 Å². The standard InChI is InChI=1S/C23H26IN4/c1-14-15(2)26-20-19(25-14)27(16-10-6-5-7-11-16)21-23(4)22(3,24-23)17-12-8-9-13-18(17)28(20)21/h5-7,10-11,21H,8-9,12-13H2,1-4H3/q-1. The van der Waals surface area contributed by atoms with Crippen LogP contribution in [0.25, 0.3) is 0 Å². The van der Waals surface area contributed by atoms with E-state index < -0.39 is 0 Å². The van der Waals surface area contributed by atoms with Crippen LogP contribution in [0.5, 0.6) is 0 Å². The fourth-order valence-corrected chi connectivity index (χ4v) is 9.99. The van der Waals surface area contributed by atoms with Crippen LogP contribution in [0, 0.1) is 13.8 Å². The van der Waals surface area contributed by atoms with Gasteiger partial charge in [0, 0.05) is 0 Å². The molecule has 0 N–H and O–H groups in total. The summed E-state index contributed by atoms with van der Waals surface area (Å²) < 4.78 is 0.768. The first-order valence-corrected chi connectivity index (χ1v) is 12.5. The third kappa shape index (κ3) is 1.96. The van der Waals surface area contributed by atoms with Gasteiger partial charge in [-0.2, -0.15) is 0 Å². The molecule has 1 aromatic heterocycles. The number of aromatic nitrogens is 2. The molecule has 0 amide bonds. The quantitative estimate of drug-likeness (QED) is 0.456. The van der Waals surface area contributed by atoms with Gasteiger partial charge in [0.1, 0.15) is 0 Å². The second kappa shape index (κ2) is 5.49. The van der Waals surface area contributed by atoms with E-state index in [1.165, 1.54) is 31.4 Å². The second-order valence-electron chi connectivity index (χ2n) is 8.80. The summed E-state index contributed by atoms with van der Waals surface area (Å²) in [6.07, 6.45) is 5.44. The Balaban J connectivity index is 1.65. The molecule has 1 fully saturated rings. The predicted octanol–water partition coefficient (Wildman–Crippen LogP) is 1.84. The first-order valence-electron chi connectivity index (χ1n) is 10.3. The molecule has 4 heterocycles. The third-order valence-corrected chi connectivity index (χ3v) is 12.4. The molecule has 3 unspecified atom stereocenters. The molecule has 3 aliphatic heterocycles. The van der Waals surface area contributed by atoms with Crippen molar-refractivity contribution in [3.63, 3.8) is 0 Å². The number of aryl methyl sites for hydroxylation is 2. The van der Waals surface area contributed by atoms with Crippen LogP contribution in [0.2, 0.25) is 0 Å². The average molecular weight is 485 g/mol. The molecule has 28 heavy (non-hydrogen) atoms. The van der Waals surface area contributed by atoms with E-state index >= 15 is 0 Å². The number of nitrogens with zero attached hydrogens (tertiary/aromatic N) is 4. The van der Waals surface area contributed by atoms with Crippen molar-refractivity contribution in [3.8, 4) is 0 Å². The number of halogens is 1. The number of fused-ring (bicyclic) bond motifs is 7. The van der Waals surface area contributed by atoms with Crippen LogP contribution in [0.1, 0.15) is 50.9 Å². The van der Waals surface area contributed by atoms with Crippen LogP contribution in [-0.4, -0.2) is 23.0 Å². The molecule has 0 bridgehead atoms. The molecule has 2 aromatic rings. The molecule has 6 rings (SSSR count). The van der Waals surface area contributed by atoms with E-state index in [1.54, 1.807) is 11.3 Å². The van der Waals surface area contributed by atoms with Crippen molar-refractivity contribution >= 4 is 17.3 Å². The van der Waals surface area contributed by atoms with E-state index in [2.05, 4.69) is 67.8 Å². The number of hydrogen-bond acceptors (Lipinski definition) is 4. The Bertz CT molecular complexity index is 1030. The normalized spacial score (nSPS) is 32.9. The molecular weight excluding hydrogens is 459 g/mol. The van der Waals surface area contributed by atoms with Crippen molar-refractivity contribution in [1.82, 2.24) is 9.97 Å². The monoisotopic (exact) mass is 485 g/mol. The van der Waals surface area contributed by atoms with Gasteiger partial charge in [0.2, 0.25) is 0 Å². The maximum absolute atomic E-state index is 5.11. The molecule has 0 radical (unpaired) electrons. The molecule has 1 aliphatic carbocycles.